The molecule has 2 N–H and O–H groups in total. The van der Waals surface area contributed by atoms with Gasteiger partial charge in [0.1, 0.15) is 0 Å². The number of rotatable bonds is 4. The third-order valence-corrected chi connectivity index (χ3v) is 5.25. The molecule has 2 aliphatic rings. The highest BCUT2D eigenvalue weighted by molar-refractivity contribution is 5.19. The van der Waals surface area contributed by atoms with Crippen LogP contribution >= 0.6 is 0 Å². The summed E-state index contributed by atoms with van der Waals surface area (Å²) in [5.74, 6) is 0. The molecule has 2 fully saturated rings. The average Bonchev–Trinajstić information content (AvgIpc) is 2.71. The van der Waals surface area contributed by atoms with E-state index in [9.17, 15) is 0 Å². The Morgan fingerprint density at radius 2 is 1.90 bits per heavy atom. The Morgan fingerprint density at radius 1 is 1.15 bits per heavy atom. The summed E-state index contributed by atoms with van der Waals surface area (Å²) < 4.78 is 0. The van der Waals surface area contributed by atoms with Crippen LogP contribution in [0.25, 0.3) is 0 Å². The zero-order valence-corrected chi connectivity index (χ0v) is 12.5. The van der Waals surface area contributed by atoms with E-state index < -0.39 is 0 Å². The van der Waals surface area contributed by atoms with E-state index in [0.29, 0.717) is 6.04 Å². The van der Waals surface area contributed by atoms with Crippen molar-refractivity contribution in [2.75, 3.05) is 26.7 Å². The Balaban J connectivity index is 1.78. The molecule has 2 bridgehead atoms. The van der Waals surface area contributed by atoms with Gasteiger partial charge in [-0.25, -0.2) is 0 Å². The molecule has 1 aromatic rings. The zero-order valence-electron chi connectivity index (χ0n) is 12.5. The number of nitrogens with zero attached hydrogens (tertiary/aromatic N) is 2. The highest BCUT2D eigenvalue weighted by Gasteiger charge is 2.36. The van der Waals surface area contributed by atoms with Gasteiger partial charge in [-0.3, -0.25) is 9.80 Å². The quantitative estimate of drug-likeness (QED) is 0.913. The van der Waals surface area contributed by atoms with Crippen LogP contribution in [0.4, 0.5) is 0 Å². The largest absolute Gasteiger partial charge is 0.330 e. The lowest BCUT2D eigenvalue weighted by atomic mass is 9.99. The van der Waals surface area contributed by atoms with Gasteiger partial charge in [-0.05, 0) is 44.8 Å². The molecule has 2 aliphatic heterocycles. The smallest absolute Gasteiger partial charge is 0.0360 e. The molecule has 0 aliphatic carbocycles. The van der Waals surface area contributed by atoms with Gasteiger partial charge in [0.25, 0.3) is 0 Å². The fraction of sp³-hybridized carbons (Fsp3) is 0.647. The average molecular weight is 273 g/mol. The van der Waals surface area contributed by atoms with Gasteiger partial charge in [-0.15, -0.1) is 0 Å². The van der Waals surface area contributed by atoms with Crippen LogP contribution in [-0.2, 0) is 0 Å². The number of likely N-dealkylation sites (N-methyl/N-ethyl adjacent to an activating group) is 1. The van der Waals surface area contributed by atoms with Crippen molar-refractivity contribution in [1.82, 2.24) is 9.80 Å². The number of hydrogen-bond acceptors (Lipinski definition) is 3. The molecule has 3 unspecified atom stereocenters. The van der Waals surface area contributed by atoms with E-state index in [1.54, 1.807) is 0 Å². The molecule has 3 rings (SSSR count). The molecular weight excluding hydrogens is 246 g/mol. The standard InChI is InChI=1S/C17H27N3/c1-19-15-7-8-16(19)13-20(12-10-15)17(9-11-18)14-5-3-2-4-6-14/h2-6,15-17H,7-13,18H2,1H3. The summed E-state index contributed by atoms with van der Waals surface area (Å²) in [4.78, 5) is 5.30. The van der Waals surface area contributed by atoms with Gasteiger partial charge in [0, 0.05) is 31.2 Å². The summed E-state index contributed by atoms with van der Waals surface area (Å²) >= 11 is 0. The van der Waals surface area contributed by atoms with Crippen molar-refractivity contribution in [3.05, 3.63) is 35.9 Å². The zero-order chi connectivity index (χ0) is 13.9. The molecule has 0 aromatic heterocycles. The molecule has 20 heavy (non-hydrogen) atoms. The number of hydrogen-bond donors (Lipinski definition) is 1. The molecule has 3 heteroatoms. The minimum absolute atomic E-state index is 0.494. The minimum Gasteiger partial charge on any atom is -0.330 e. The normalized spacial score (nSPS) is 29.3. The first-order chi connectivity index (χ1) is 9.79. The Labute approximate surface area is 122 Å². The lowest BCUT2D eigenvalue weighted by molar-refractivity contribution is 0.166. The van der Waals surface area contributed by atoms with Crippen LogP contribution in [0.5, 0.6) is 0 Å². The number of likely N-dealkylation sites (tertiary alicyclic amines) is 1. The second-order valence-corrected chi connectivity index (χ2v) is 6.34. The fourth-order valence-corrected chi connectivity index (χ4v) is 4.01. The van der Waals surface area contributed by atoms with E-state index in [1.807, 2.05) is 0 Å². The van der Waals surface area contributed by atoms with E-state index in [0.717, 1.165) is 25.0 Å². The molecule has 3 nitrogen and oxygen atoms in total. The lowest BCUT2D eigenvalue weighted by Gasteiger charge is -2.33. The van der Waals surface area contributed by atoms with Gasteiger partial charge in [-0.1, -0.05) is 30.3 Å². The van der Waals surface area contributed by atoms with Gasteiger partial charge in [-0.2, -0.15) is 0 Å². The van der Waals surface area contributed by atoms with Gasteiger partial charge >= 0.3 is 0 Å². The molecule has 110 valence electrons. The first-order valence-corrected chi connectivity index (χ1v) is 8.00. The van der Waals surface area contributed by atoms with E-state index in [2.05, 4.69) is 47.2 Å². The maximum atomic E-state index is 5.88. The third kappa shape index (κ3) is 2.76. The first-order valence-electron chi connectivity index (χ1n) is 8.00. The summed E-state index contributed by atoms with van der Waals surface area (Å²) in [7, 11) is 2.31. The molecule has 0 spiro atoms. The van der Waals surface area contributed by atoms with Crippen molar-refractivity contribution < 1.29 is 0 Å². The topological polar surface area (TPSA) is 32.5 Å². The van der Waals surface area contributed by atoms with Crippen molar-refractivity contribution in [1.29, 1.82) is 0 Å². The predicted octanol–water partition coefficient (Wildman–Crippen LogP) is 2.25. The maximum Gasteiger partial charge on any atom is 0.0360 e. The molecule has 0 amide bonds. The highest BCUT2D eigenvalue weighted by Crippen LogP contribution is 2.33. The van der Waals surface area contributed by atoms with Crippen LogP contribution < -0.4 is 5.73 Å². The van der Waals surface area contributed by atoms with E-state index in [-0.39, 0.29) is 0 Å². The van der Waals surface area contributed by atoms with Crippen molar-refractivity contribution in [3.63, 3.8) is 0 Å². The molecule has 0 saturated carbocycles. The second-order valence-electron chi connectivity index (χ2n) is 6.34. The van der Waals surface area contributed by atoms with Crippen LogP contribution in [0.2, 0.25) is 0 Å². The minimum atomic E-state index is 0.494. The molecule has 0 radical (unpaired) electrons. The van der Waals surface area contributed by atoms with Gasteiger partial charge in [0.2, 0.25) is 0 Å². The van der Waals surface area contributed by atoms with Crippen LogP contribution in [0.1, 0.15) is 37.3 Å². The van der Waals surface area contributed by atoms with Crippen LogP contribution in [0.3, 0.4) is 0 Å². The van der Waals surface area contributed by atoms with Gasteiger partial charge < -0.3 is 5.73 Å². The van der Waals surface area contributed by atoms with Crippen molar-refractivity contribution in [2.24, 2.45) is 5.73 Å². The molecule has 3 atom stereocenters. The Hall–Kier alpha value is -0.900. The summed E-state index contributed by atoms with van der Waals surface area (Å²) in [6.07, 6.45) is 5.12. The summed E-state index contributed by atoms with van der Waals surface area (Å²) in [5, 5.41) is 0. The van der Waals surface area contributed by atoms with Crippen molar-refractivity contribution >= 4 is 0 Å². The van der Waals surface area contributed by atoms with Crippen LogP contribution in [-0.4, -0.2) is 48.6 Å². The molecule has 2 saturated heterocycles. The molecule has 1 aromatic carbocycles. The fourth-order valence-electron chi connectivity index (χ4n) is 4.01. The lowest BCUT2D eigenvalue weighted by Crippen LogP contribution is -2.39. The summed E-state index contributed by atoms with van der Waals surface area (Å²) in [6.45, 7) is 3.18. The SMILES string of the molecule is CN1C2CCC1CN(C(CCN)c1ccccc1)CC2. The van der Waals surface area contributed by atoms with Crippen molar-refractivity contribution in [2.45, 2.75) is 43.8 Å². The Morgan fingerprint density at radius 3 is 2.65 bits per heavy atom. The van der Waals surface area contributed by atoms with Crippen molar-refractivity contribution in [3.8, 4) is 0 Å². The molecule has 2 heterocycles. The van der Waals surface area contributed by atoms with E-state index in [1.165, 1.54) is 37.9 Å². The Bertz CT molecular complexity index is 420. The number of nitrogens with two attached hydrogens (primary N) is 1. The Kier molecular flexibility index (Phi) is 4.39. The third-order valence-electron chi connectivity index (χ3n) is 5.25. The maximum absolute atomic E-state index is 5.88. The van der Waals surface area contributed by atoms with E-state index in [4.69, 9.17) is 5.73 Å². The highest BCUT2D eigenvalue weighted by atomic mass is 15.3. The number of benzene rings is 1. The monoisotopic (exact) mass is 273 g/mol. The summed E-state index contributed by atoms with van der Waals surface area (Å²) in [5.41, 5.74) is 7.31. The van der Waals surface area contributed by atoms with Crippen LogP contribution in [0.15, 0.2) is 30.3 Å². The van der Waals surface area contributed by atoms with E-state index >= 15 is 0 Å². The van der Waals surface area contributed by atoms with Crippen LogP contribution in [0, 0.1) is 0 Å². The molecular formula is C17H27N3. The second kappa shape index (κ2) is 6.25. The van der Waals surface area contributed by atoms with Gasteiger partial charge in [0.15, 0.2) is 0 Å². The summed E-state index contributed by atoms with van der Waals surface area (Å²) in [6, 6.07) is 12.9. The van der Waals surface area contributed by atoms with Gasteiger partial charge in [0.05, 0.1) is 0 Å². The first kappa shape index (κ1) is 14.1. The number of fused-ring (bicyclic) bond motifs is 2. The predicted molar refractivity (Wildman–Crippen MR) is 83.6 cm³/mol.